The molecule has 2 rings (SSSR count). The number of carbonyl (C=O) groups excluding carboxylic acids is 1. The summed E-state index contributed by atoms with van der Waals surface area (Å²) in [5, 5.41) is 0. The zero-order valence-corrected chi connectivity index (χ0v) is 9.80. The van der Waals surface area contributed by atoms with Crippen LogP contribution in [0.2, 0.25) is 0 Å². The highest BCUT2D eigenvalue weighted by molar-refractivity contribution is 5.95. The van der Waals surface area contributed by atoms with Crippen LogP contribution in [0.3, 0.4) is 0 Å². The van der Waals surface area contributed by atoms with Gasteiger partial charge in [-0.15, -0.1) is 0 Å². The van der Waals surface area contributed by atoms with Crippen LogP contribution in [0, 0.1) is 0 Å². The van der Waals surface area contributed by atoms with Crippen molar-refractivity contribution in [2.24, 2.45) is 5.73 Å². The maximum atomic E-state index is 11.3. The van der Waals surface area contributed by atoms with Crippen molar-refractivity contribution in [2.45, 2.75) is 6.61 Å². The normalized spacial score (nSPS) is 10.0. The topological polar surface area (TPSA) is 78.3 Å². The fraction of sp³-hybridized carbons (Fsp3) is 0.0714. The van der Waals surface area contributed by atoms with Crippen LogP contribution in [0.4, 0.5) is 5.69 Å². The molecule has 92 valence electrons. The lowest BCUT2D eigenvalue weighted by Crippen LogP contribution is -2.16. The van der Waals surface area contributed by atoms with E-state index in [0.717, 1.165) is 5.75 Å². The minimum Gasteiger partial charge on any atom is -0.489 e. The van der Waals surface area contributed by atoms with Gasteiger partial charge in [0.2, 0.25) is 5.91 Å². The minimum atomic E-state index is -0.506. The Hall–Kier alpha value is -2.49. The second-order valence-electron chi connectivity index (χ2n) is 3.84. The van der Waals surface area contributed by atoms with E-state index < -0.39 is 5.91 Å². The Labute approximate surface area is 105 Å². The summed E-state index contributed by atoms with van der Waals surface area (Å²) in [6.07, 6.45) is 0. The molecule has 0 atom stereocenters. The van der Waals surface area contributed by atoms with Crippen LogP contribution >= 0.6 is 0 Å². The molecular formula is C14H14N2O2. The van der Waals surface area contributed by atoms with E-state index in [1.165, 1.54) is 0 Å². The van der Waals surface area contributed by atoms with E-state index in [1.807, 2.05) is 30.3 Å². The Morgan fingerprint density at radius 3 is 2.44 bits per heavy atom. The summed E-state index contributed by atoms with van der Waals surface area (Å²) >= 11 is 0. The van der Waals surface area contributed by atoms with Gasteiger partial charge >= 0.3 is 0 Å². The van der Waals surface area contributed by atoms with Crippen LogP contribution in [-0.2, 0) is 6.61 Å². The molecule has 0 aliphatic rings. The first-order valence-corrected chi connectivity index (χ1v) is 5.53. The number of primary amides is 1. The van der Waals surface area contributed by atoms with E-state index in [4.69, 9.17) is 16.2 Å². The highest BCUT2D eigenvalue weighted by Gasteiger charge is 2.11. The largest absolute Gasteiger partial charge is 0.489 e. The van der Waals surface area contributed by atoms with Crippen molar-refractivity contribution < 1.29 is 9.53 Å². The lowest BCUT2D eigenvalue weighted by Gasteiger charge is -2.11. The average molecular weight is 242 g/mol. The number of hydrogen-bond acceptors (Lipinski definition) is 3. The molecule has 4 N–H and O–H groups in total. The van der Waals surface area contributed by atoms with Gasteiger partial charge in [0.05, 0.1) is 0 Å². The summed E-state index contributed by atoms with van der Waals surface area (Å²) in [4.78, 5) is 11.3. The SMILES string of the molecule is NC(=O)c1cccc(N)c1COc1ccccc1. The standard InChI is InChI=1S/C14H14N2O2/c15-13-8-4-7-11(14(16)17)12(13)9-18-10-5-2-1-3-6-10/h1-8H,9,15H2,(H2,16,17). The molecule has 18 heavy (non-hydrogen) atoms. The molecule has 0 aromatic heterocycles. The molecule has 0 saturated carbocycles. The monoisotopic (exact) mass is 242 g/mol. The number of nitrogens with two attached hydrogens (primary N) is 2. The Morgan fingerprint density at radius 2 is 1.78 bits per heavy atom. The number of benzene rings is 2. The predicted molar refractivity (Wildman–Crippen MR) is 70.1 cm³/mol. The van der Waals surface area contributed by atoms with Gasteiger partial charge < -0.3 is 16.2 Å². The molecule has 0 spiro atoms. The number of rotatable bonds is 4. The number of ether oxygens (including phenoxy) is 1. The quantitative estimate of drug-likeness (QED) is 0.804. The summed E-state index contributed by atoms with van der Waals surface area (Å²) in [7, 11) is 0. The molecule has 4 heteroatoms. The number of para-hydroxylation sites is 1. The first-order valence-electron chi connectivity index (χ1n) is 5.53. The molecule has 0 unspecified atom stereocenters. The van der Waals surface area contributed by atoms with Gasteiger partial charge in [0.1, 0.15) is 12.4 Å². The maximum absolute atomic E-state index is 11.3. The number of hydrogen-bond donors (Lipinski definition) is 2. The van der Waals surface area contributed by atoms with E-state index in [2.05, 4.69) is 0 Å². The fourth-order valence-corrected chi connectivity index (χ4v) is 1.67. The Bertz CT molecular complexity index is 553. The number of amides is 1. The lowest BCUT2D eigenvalue weighted by atomic mass is 10.1. The summed E-state index contributed by atoms with van der Waals surface area (Å²) in [5.41, 5.74) is 12.7. The van der Waals surface area contributed by atoms with Gasteiger partial charge in [0.25, 0.3) is 0 Å². The molecular weight excluding hydrogens is 228 g/mol. The highest BCUT2D eigenvalue weighted by atomic mass is 16.5. The van der Waals surface area contributed by atoms with Crippen molar-refractivity contribution in [1.82, 2.24) is 0 Å². The third-order valence-electron chi connectivity index (χ3n) is 2.60. The van der Waals surface area contributed by atoms with Crippen molar-refractivity contribution in [1.29, 1.82) is 0 Å². The summed E-state index contributed by atoms with van der Waals surface area (Å²) in [6.45, 7) is 0.217. The molecule has 4 nitrogen and oxygen atoms in total. The second kappa shape index (κ2) is 5.23. The molecule has 2 aromatic carbocycles. The first kappa shape index (κ1) is 12.0. The second-order valence-corrected chi connectivity index (χ2v) is 3.84. The Morgan fingerprint density at radius 1 is 1.06 bits per heavy atom. The summed E-state index contributed by atoms with van der Waals surface area (Å²) in [6, 6.07) is 14.4. The molecule has 0 aliphatic heterocycles. The third kappa shape index (κ3) is 2.60. The van der Waals surface area contributed by atoms with Gasteiger partial charge in [-0.2, -0.15) is 0 Å². The molecule has 0 aliphatic carbocycles. The van der Waals surface area contributed by atoms with Crippen molar-refractivity contribution >= 4 is 11.6 Å². The zero-order chi connectivity index (χ0) is 13.0. The third-order valence-corrected chi connectivity index (χ3v) is 2.60. The van der Waals surface area contributed by atoms with Gasteiger partial charge in [-0.1, -0.05) is 24.3 Å². The van der Waals surface area contributed by atoms with Gasteiger partial charge in [-0.25, -0.2) is 0 Å². The fourth-order valence-electron chi connectivity index (χ4n) is 1.67. The minimum absolute atomic E-state index is 0.217. The molecule has 0 bridgehead atoms. The van der Waals surface area contributed by atoms with E-state index >= 15 is 0 Å². The molecule has 1 amide bonds. The van der Waals surface area contributed by atoms with E-state index in [1.54, 1.807) is 18.2 Å². The first-order chi connectivity index (χ1) is 8.68. The van der Waals surface area contributed by atoms with E-state index in [0.29, 0.717) is 16.8 Å². The molecule has 0 fully saturated rings. The van der Waals surface area contributed by atoms with Crippen molar-refractivity contribution in [3.8, 4) is 5.75 Å². The number of carbonyl (C=O) groups is 1. The molecule has 0 saturated heterocycles. The van der Waals surface area contributed by atoms with Crippen LogP contribution in [0.25, 0.3) is 0 Å². The van der Waals surface area contributed by atoms with Gasteiger partial charge in [0.15, 0.2) is 0 Å². The lowest BCUT2D eigenvalue weighted by molar-refractivity contribution is 0.0998. The van der Waals surface area contributed by atoms with Gasteiger partial charge in [0, 0.05) is 16.8 Å². The van der Waals surface area contributed by atoms with Gasteiger partial charge in [-0.05, 0) is 24.3 Å². The Kier molecular flexibility index (Phi) is 3.48. The maximum Gasteiger partial charge on any atom is 0.249 e. The van der Waals surface area contributed by atoms with Crippen molar-refractivity contribution in [3.05, 3.63) is 59.7 Å². The van der Waals surface area contributed by atoms with E-state index in [9.17, 15) is 4.79 Å². The van der Waals surface area contributed by atoms with Crippen molar-refractivity contribution in [3.63, 3.8) is 0 Å². The number of anilines is 1. The Balaban J connectivity index is 2.21. The van der Waals surface area contributed by atoms with Crippen LogP contribution in [-0.4, -0.2) is 5.91 Å². The summed E-state index contributed by atoms with van der Waals surface area (Å²) in [5.74, 6) is 0.213. The van der Waals surface area contributed by atoms with Crippen LogP contribution < -0.4 is 16.2 Å². The highest BCUT2D eigenvalue weighted by Crippen LogP contribution is 2.19. The number of nitrogen functional groups attached to an aromatic ring is 1. The van der Waals surface area contributed by atoms with Crippen molar-refractivity contribution in [2.75, 3.05) is 5.73 Å². The zero-order valence-electron chi connectivity index (χ0n) is 9.80. The van der Waals surface area contributed by atoms with Crippen LogP contribution in [0.5, 0.6) is 5.75 Å². The summed E-state index contributed by atoms with van der Waals surface area (Å²) < 4.78 is 5.58. The van der Waals surface area contributed by atoms with Crippen LogP contribution in [0.15, 0.2) is 48.5 Å². The van der Waals surface area contributed by atoms with Gasteiger partial charge in [-0.3, -0.25) is 4.79 Å². The molecule has 0 heterocycles. The molecule has 0 radical (unpaired) electrons. The van der Waals surface area contributed by atoms with E-state index in [-0.39, 0.29) is 6.61 Å². The smallest absolute Gasteiger partial charge is 0.249 e. The average Bonchev–Trinajstić information content (AvgIpc) is 2.38. The van der Waals surface area contributed by atoms with Crippen LogP contribution in [0.1, 0.15) is 15.9 Å². The molecule has 2 aromatic rings. The predicted octanol–water partition coefficient (Wildman–Crippen LogP) is 1.95.